The van der Waals surface area contributed by atoms with Crippen molar-refractivity contribution in [3.8, 4) is 11.3 Å². The van der Waals surface area contributed by atoms with Gasteiger partial charge in [-0.1, -0.05) is 60.1 Å². The lowest BCUT2D eigenvalue weighted by Gasteiger charge is -2.23. The average Bonchev–Trinajstić information content (AvgIpc) is 2.68. The minimum Gasteiger partial charge on any atom is -0.317 e. The Morgan fingerprint density at radius 3 is 2.42 bits per heavy atom. The van der Waals surface area contributed by atoms with Crippen molar-refractivity contribution >= 4 is 34.9 Å². The van der Waals surface area contributed by atoms with Crippen LogP contribution in [0.3, 0.4) is 0 Å². The summed E-state index contributed by atoms with van der Waals surface area (Å²) in [6, 6.07) is 18.6. The van der Waals surface area contributed by atoms with Crippen molar-refractivity contribution in [1.82, 2.24) is 10.3 Å². The Balaban J connectivity index is 0.00000196. The largest absolute Gasteiger partial charge is 0.317 e. The molecule has 4 heteroatoms. The van der Waals surface area contributed by atoms with E-state index >= 15 is 0 Å². The molecule has 3 aromatic rings. The number of hydrogen-bond acceptors (Lipinski definition) is 2. The van der Waals surface area contributed by atoms with Crippen LogP contribution in [-0.2, 0) is 6.42 Å². The number of rotatable bonds is 4. The molecule has 0 unspecified atom stereocenters. The van der Waals surface area contributed by atoms with E-state index < -0.39 is 0 Å². The number of para-hydroxylation sites is 1. The summed E-state index contributed by atoms with van der Waals surface area (Å²) in [7, 11) is 0. The molecule has 2 heterocycles. The number of halogens is 2. The lowest BCUT2D eigenvalue weighted by molar-refractivity contribution is 0.354. The van der Waals surface area contributed by atoms with Crippen LogP contribution in [0.5, 0.6) is 0 Å². The van der Waals surface area contributed by atoms with Crippen molar-refractivity contribution in [1.29, 1.82) is 0 Å². The summed E-state index contributed by atoms with van der Waals surface area (Å²) in [5.74, 6) is 0.796. The first-order valence-electron chi connectivity index (χ1n) is 9.16. The fraction of sp³-hybridized carbons (Fsp3) is 0.318. The standard InChI is InChI=1S/C22H23ClN2.ClH/c23-21-19(11-10-16-12-14-24-15-13-16)18-8-4-5-9-20(18)25-22(21)17-6-2-1-3-7-17;/h1-9,16,24H,10-15H2;1H. The first kappa shape index (κ1) is 19.2. The number of benzene rings is 2. The molecule has 1 saturated heterocycles. The predicted molar refractivity (Wildman–Crippen MR) is 113 cm³/mol. The Labute approximate surface area is 166 Å². The van der Waals surface area contributed by atoms with E-state index in [2.05, 4.69) is 41.7 Å². The van der Waals surface area contributed by atoms with Crippen LogP contribution in [0, 0.1) is 5.92 Å². The van der Waals surface area contributed by atoms with Gasteiger partial charge >= 0.3 is 0 Å². The molecule has 0 amide bonds. The van der Waals surface area contributed by atoms with Gasteiger partial charge < -0.3 is 5.32 Å². The van der Waals surface area contributed by atoms with E-state index in [4.69, 9.17) is 16.6 Å². The zero-order valence-corrected chi connectivity index (χ0v) is 16.3. The zero-order valence-electron chi connectivity index (χ0n) is 14.7. The van der Waals surface area contributed by atoms with Gasteiger partial charge in [-0.05, 0) is 56.3 Å². The molecule has 2 nitrogen and oxygen atoms in total. The number of fused-ring (bicyclic) bond motifs is 1. The molecule has 0 atom stereocenters. The van der Waals surface area contributed by atoms with E-state index in [-0.39, 0.29) is 12.4 Å². The van der Waals surface area contributed by atoms with Crippen LogP contribution in [0.1, 0.15) is 24.8 Å². The van der Waals surface area contributed by atoms with Gasteiger partial charge in [0, 0.05) is 10.9 Å². The number of nitrogens with zero attached hydrogens (tertiary/aromatic N) is 1. The number of nitrogens with one attached hydrogen (secondary N) is 1. The van der Waals surface area contributed by atoms with Crippen LogP contribution in [0.25, 0.3) is 22.2 Å². The van der Waals surface area contributed by atoms with E-state index in [0.717, 1.165) is 47.2 Å². The van der Waals surface area contributed by atoms with Crippen LogP contribution in [0.2, 0.25) is 5.02 Å². The molecule has 4 rings (SSSR count). The lowest BCUT2D eigenvalue weighted by atomic mass is 9.90. The molecule has 1 N–H and O–H groups in total. The second-order valence-corrected chi connectivity index (χ2v) is 7.25. The van der Waals surface area contributed by atoms with E-state index in [1.165, 1.54) is 30.2 Å². The summed E-state index contributed by atoms with van der Waals surface area (Å²) in [5, 5.41) is 5.46. The number of hydrogen-bond donors (Lipinski definition) is 1. The van der Waals surface area contributed by atoms with Crippen molar-refractivity contribution in [2.24, 2.45) is 5.92 Å². The van der Waals surface area contributed by atoms with Crippen LogP contribution in [-0.4, -0.2) is 18.1 Å². The summed E-state index contributed by atoms with van der Waals surface area (Å²) in [6.07, 6.45) is 4.76. The van der Waals surface area contributed by atoms with E-state index in [9.17, 15) is 0 Å². The highest BCUT2D eigenvalue weighted by Gasteiger charge is 2.18. The minimum atomic E-state index is 0. The van der Waals surface area contributed by atoms with Gasteiger partial charge in [0.1, 0.15) is 0 Å². The van der Waals surface area contributed by atoms with Gasteiger partial charge in [0.25, 0.3) is 0 Å². The van der Waals surface area contributed by atoms with Gasteiger partial charge in [-0.25, -0.2) is 4.98 Å². The minimum absolute atomic E-state index is 0. The second kappa shape index (κ2) is 8.85. The molecule has 0 saturated carbocycles. The highest BCUT2D eigenvalue weighted by Crippen LogP contribution is 2.35. The Hall–Kier alpha value is -1.61. The third-order valence-corrected chi connectivity index (χ3v) is 5.65. The molecule has 1 aromatic heterocycles. The highest BCUT2D eigenvalue weighted by molar-refractivity contribution is 6.34. The molecule has 2 aromatic carbocycles. The summed E-state index contributed by atoms with van der Waals surface area (Å²) in [5.41, 5.74) is 4.28. The molecule has 0 bridgehead atoms. The Bertz CT molecular complexity index is 859. The van der Waals surface area contributed by atoms with Crippen molar-refractivity contribution in [3.63, 3.8) is 0 Å². The third kappa shape index (κ3) is 4.03. The fourth-order valence-electron chi connectivity index (χ4n) is 3.81. The maximum Gasteiger partial charge on any atom is 0.0898 e. The van der Waals surface area contributed by atoms with Gasteiger partial charge in [-0.2, -0.15) is 0 Å². The number of aromatic nitrogens is 1. The van der Waals surface area contributed by atoms with Gasteiger partial charge in [0.15, 0.2) is 0 Å². The van der Waals surface area contributed by atoms with Gasteiger partial charge in [-0.15, -0.1) is 12.4 Å². The average molecular weight is 387 g/mol. The second-order valence-electron chi connectivity index (χ2n) is 6.87. The molecule has 1 fully saturated rings. The summed E-state index contributed by atoms with van der Waals surface area (Å²) in [6.45, 7) is 2.29. The van der Waals surface area contributed by atoms with Crippen LogP contribution < -0.4 is 5.32 Å². The first-order valence-corrected chi connectivity index (χ1v) is 9.54. The highest BCUT2D eigenvalue weighted by atomic mass is 35.5. The molecule has 0 radical (unpaired) electrons. The Morgan fingerprint density at radius 2 is 1.65 bits per heavy atom. The number of pyridine rings is 1. The van der Waals surface area contributed by atoms with Crippen molar-refractivity contribution in [2.75, 3.05) is 13.1 Å². The molecule has 136 valence electrons. The van der Waals surface area contributed by atoms with E-state index in [1.54, 1.807) is 0 Å². The molecule has 1 aliphatic heterocycles. The summed E-state index contributed by atoms with van der Waals surface area (Å²) >= 11 is 6.87. The topological polar surface area (TPSA) is 24.9 Å². The van der Waals surface area contributed by atoms with Crippen LogP contribution >= 0.6 is 24.0 Å². The molecule has 26 heavy (non-hydrogen) atoms. The zero-order chi connectivity index (χ0) is 17.1. The SMILES string of the molecule is Cl.Clc1c(-c2ccccc2)nc2ccccc2c1CCC1CCNCC1. The Morgan fingerprint density at radius 1 is 0.962 bits per heavy atom. The molecular formula is C22H24Cl2N2. The summed E-state index contributed by atoms with van der Waals surface area (Å²) in [4.78, 5) is 4.86. The van der Waals surface area contributed by atoms with Crippen LogP contribution in [0.4, 0.5) is 0 Å². The van der Waals surface area contributed by atoms with E-state index in [1.807, 2.05) is 18.2 Å². The monoisotopic (exact) mass is 386 g/mol. The first-order chi connectivity index (χ1) is 12.3. The van der Waals surface area contributed by atoms with Crippen molar-refractivity contribution in [3.05, 3.63) is 65.2 Å². The molecule has 0 spiro atoms. The van der Waals surface area contributed by atoms with Crippen molar-refractivity contribution < 1.29 is 0 Å². The summed E-state index contributed by atoms with van der Waals surface area (Å²) < 4.78 is 0. The Kier molecular flexibility index (Phi) is 6.53. The molecular weight excluding hydrogens is 363 g/mol. The van der Waals surface area contributed by atoms with Gasteiger partial charge in [0.2, 0.25) is 0 Å². The van der Waals surface area contributed by atoms with Crippen LogP contribution in [0.15, 0.2) is 54.6 Å². The third-order valence-electron chi connectivity index (χ3n) is 5.24. The number of aryl methyl sites for hydroxylation is 1. The lowest BCUT2D eigenvalue weighted by Crippen LogP contribution is -2.27. The van der Waals surface area contributed by atoms with Gasteiger partial charge in [0.05, 0.1) is 16.2 Å². The maximum absolute atomic E-state index is 6.87. The molecule has 1 aliphatic rings. The quantitative estimate of drug-likeness (QED) is 0.602. The normalized spacial score (nSPS) is 15.0. The van der Waals surface area contributed by atoms with E-state index in [0.29, 0.717) is 0 Å². The molecule has 0 aliphatic carbocycles. The van der Waals surface area contributed by atoms with Crippen molar-refractivity contribution in [2.45, 2.75) is 25.7 Å². The smallest absolute Gasteiger partial charge is 0.0898 e. The number of piperidine rings is 1. The maximum atomic E-state index is 6.87. The predicted octanol–water partition coefficient (Wildman–Crippen LogP) is 5.91. The van der Waals surface area contributed by atoms with Gasteiger partial charge in [-0.3, -0.25) is 0 Å². The fourth-order valence-corrected chi connectivity index (χ4v) is 4.16.